The number of aromatic nitrogens is 2. The number of nitrogens with two attached hydrogens (primary N) is 1. The fourth-order valence-electron chi connectivity index (χ4n) is 2.38. The predicted molar refractivity (Wildman–Crippen MR) is 72.4 cm³/mol. The average Bonchev–Trinajstić information content (AvgIpc) is 2.38. The summed E-state index contributed by atoms with van der Waals surface area (Å²) in [5.74, 6) is 0.947. The van der Waals surface area contributed by atoms with Crippen molar-refractivity contribution in [3.63, 3.8) is 0 Å². The third-order valence-corrected chi connectivity index (χ3v) is 3.34. The molecule has 0 radical (unpaired) electrons. The van der Waals surface area contributed by atoms with Crippen LogP contribution in [0.4, 0.5) is 11.5 Å². The van der Waals surface area contributed by atoms with Crippen LogP contribution in [0.1, 0.15) is 16.7 Å². The Morgan fingerprint density at radius 3 is 2.94 bits per heavy atom. The normalized spacial score (nSPS) is 14.4. The van der Waals surface area contributed by atoms with E-state index in [9.17, 15) is 0 Å². The summed E-state index contributed by atoms with van der Waals surface area (Å²) in [5.41, 5.74) is 10.5. The first-order valence-electron chi connectivity index (χ1n) is 6.14. The summed E-state index contributed by atoms with van der Waals surface area (Å²) in [6.45, 7) is 3.88. The number of hydrogen-bond donors (Lipinski definition) is 1. The second-order valence-electron chi connectivity index (χ2n) is 4.79. The SMILES string of the molecule is Cc1cnnc(N2CCc3ccc(N)cc3C2)c1. The molecule has 0 bridgehead atoms. The molecular weight excluding hydrogens is 224 g/mol. The number of rotatable bonds is 1. The molecule has 2 N–H and O–H groups in total. The summed E-state index contributed by atoms with van der Waals surface area (Å²) < 4.78 is 0. The Morgan fingerprint density at radius 2 is 2.11 bits per heavy atom. The fourth-order valence-corrected chi connectivity index (χ4v) is 2.38. The minimum Gasteiger partial charge on any atom is -0.399 e. The maximum absolute atomic E-state index is 5.84. The Morgan fingerprint density at radius 1 is 1.22 bits per heavy atom. The molecule has 0 saturated carbocycles. The van der Waals surface area contributed by atoms with Gasteiger partial charge in [-0.3, -0.25) is 0 Å². The zero-order chi connectivity index (χ0) is 12.5. The number of hydrogen-bond acceptors (Lipinski definition) is 4. The first-order chi connectivity index (χ1) is 8.72. The standard InChI is InChI=1S/C14H16N4/c1-10-6-14(17-16-8-10)18-5-4-11-2-3-13(15)7-12(11)9-18/h2-3,6-8H,4-5,9,15H2,1H3. The Kier molecular flexibility index (Phi) is 2.63. The van der Waals surface area contributed by atoms with Gasteiger partial charge in [0.05, 0.1) is 6.20 Å². The van der Waals surface area contributed by atoms with Crippen LogP contribution in [-0.4, -0.2) is 16.7 Å². The van der Waals surface area contributed by atoms with E-state index in [0.29, 0.717) is 0 Å². The van der Waals surface area contributed by atoms with Crippen molar-refractivity contribution < 1.29 is 0 Å². The predicted octanol–water partition coefficient (Wildman–Crippen LogP) is 1.93. The van der Waals surface area contributed by atoms with E-state index in [1.807, 2.05) is 13.0 Å². The van der Waals surface area contributed by atoms with E-state index in [1.54, 1.807) is 6.20 Å². The van der Waals surface area contributed by atoms with E-state index in [2.05, 4.69) is 33.3 Å². The van der Waals surface area contributed by atoms with Crippen molar-refractivity contribution >= 4 is 11.5 Å². The molecule has 0 fully saturated rings. The fraction of sp³-hybridized carbons (Fsp3) is 0.286. The number of benzene rings is 1. The van der Waals surface area contributed by atoms with Crippen molar-refractivity contribution in [3.8, 4) is 0 Å². The topological polar surface area (TPSA) is 55.0 Å². The molecule has 0 aliphatic carbocycles. The van der Waals surface area contributed by atoms with Gasteiger partial charge in [0.1, 0.15) is 0 Å². The molecule has 2 heterocycles. The molecule has 0 spiro atoms. The molecule has 1 aromatic heterocycles. The molecule has 0 atom stereocenters. The number of fused-ring (bicyclic) bond motifs is 1. The molecular formula is C14H16N4. The quantitative estimate of drug-likeness (QED) is 0.774. The van der Waals surface area contributed by atoms with Gasteiger partial charge in [-0.1, -0.05) is 6.07 Å². The summed E-state index contributed by atoms with van der Waals surface area (Å²) in [6, 6.07) is 8.24. The van der Waals surface area contributed by atoms with Gasteiger partial charge in [-0.05, 0) is 48.2 Å². The zero-order valence-corrected chi connectivity index (χ0v) is 10.4. The highest BCUT2D eigenvalue weighted by Gasteiger charge is 2.17. The van der Waals surface area contributed by atoms with E-state index in [0.717, 1.165) is 36.6 Å². The summed E-state index contributed by atoms with van der Waals surface area (Å²) in [6.07, 6.45) is 2.81. The summed E-state index contributed by atoms with van der Waals surface area (Å²) >= 11 is 0. The van der Waals surface area contributed by atoms with Crippen LogP contribution >= 0.6 is 0 Å². The summed E-state index contributed by atoms with van der Waals surface area (Å²) in [4.78, 5) is 2.25. The lowest BCUT2D eigenvalue weighted by Gasteiger charge is -2.29. The maximum atomic E-state index is 5.84. The maximum Gasteiger partial charge on any atom is 0.151 e. The Bertz CT molecular complexity index is 580. The molecule has 0 unspecified atom stereocenters. The second-order valence-corrected chi connectivity index (χ2v) is 4.79. The Hall–Kier alpha value is -2.10. The minimum atomic E-state index is 0.825. The molecule has 4 heteroatoms. The molecule has 1 aliphatic rings. The van der Waals surface area contributed by atoms with Crippen LogP contribution in [-0.2, 0) is 13.0 Å². The van der Waals surface area contributed by atoms with Crippen LogP contribution in [0.25, 0.3) is 0 Å². The molecule has 4 nitrogen and oxygen atoms in total. The molecule has 0 amide bonds. The van der Waals surface area contributed by atoms with Crippen LogP contribution in [0.3, 0.4) is 0 Å². The molecule has 3 rings (SSSR count). The molecule has 0 saturated heterocycles. The van der Waals surface area contributed by atoms with Crippen molar-refractivity contribution in [2.24, 2.45) is 0 Å². The number of anilines is 2. The Balaban J connectivity index is 1.90. The van der Waals surface area contributed by atoms with Gasteiger partial charge in [-0.2, -0.15) is 5.10 Å². The third kappa shape index (κ3) is 2.01. The number of nitrogen functional groups attached to an aromatic ring is 1. The van der Waals surface area contributed by atoms with Crippen molar-refractivity contribution in [3.05, 3.63) is 47.2 Å². The summed E-state index contributed by atoms with van der Waals surface area (Å²) in [7, 11) is 0. The number of nitrogens with zero attached hydrogens (tertiary/aromatic N) is 3. The lowest BCUT2D eigenvalue weighted by molar-refractivity contribution is 0.712. The van der Waals surface area contributed by atoms with Gasteiger partial charge in [0.2, 0.25) is 0 Å². The molecule has 92 valence electrons. The van der Waals surface area contributed by atoms with Crippen molar-refractivity contribution in [2.75, 3.05) is 17.2 Å². The lowest BCUT2D eigenvalue weighted by atomic mass is 9.99. The average molecular weight is 240 g/mol. The van der Waals surface area contributed by atoms with Gasteiger partial charge in [0, 0.05) is 18.8 Å². The second kappa shape index (κ2) is 4.29. The smallest absolute Gasteiger partial charge is 0.151 e. The largest absolute Gasteiger partial charge is 0.399 e. The molecule has 2 aromatic rings. The van der Waals surface area contributed by atoms with Crippen LogP contribution in [0, 0.1) is 6.92 Å². The van der Waals surface area contributed by atoms with E-state index < -0.39 is 0 Å². The van der Waals surface area contributed by atoms with Gasteiger partial charge >= 0.3 is 0 Å². The molecule has 1 aliphatic heterocycles. The van der Waals surface area contributed by atoms with Gasteiger partial charge < -0.3 is 10.6 Å². The minimum absolute atomic E-state index is 0.825. The van der Waals surface area contributed by atoms with Crippen LogP contribution in [0.5, 0.6) is 0 Å². The third-order valence-electron chi connectivity index (χ3n) is 3.34. The first-order valence-corrected chi connectivity index (χ1v) is 6.14. The van der Waals surface area contributed by atoms with E-state index in [4.69, 9.17) is 5.73 Å². The van der Waals surface area contributed by atoms with Crippen molar-refractivity contribution in [1.29, 1.82) is 0 Å². The number of aryl methyl sites for hydroxylation is 1. The molecule has 18 heavy (non-hydrogen) atoms. The van der Waals surface area contributed by atoms with Gasteiger partial charge in [-0.15, -0.1) is 5.10 Å². The van der Waals surface area contributed by atoms with Crippen molar-refractivity contribution in [1.82, 2.24) is 10.2 Å². The van der Waals surface area contributed by atoms with Gasteiger partial charge in [-0.25, -0.2) is 0 Å². The first kappa shape index (κ1) is 11.0. The monoisotopic (exact) mass is 240 g/mol. The van der Waals surface area contributed by atoms with E-state index >= 15 is 0 Å². The highest BCUT2D eigenvalue weighted by atomic mass is 15.3. The van der Waals surface area contributed by atoms with Crippen molar-refractivity contribution in [2.45, 2.75) is 19.9 Å². The zero-order valence-electron chi connectivity index (χ0n) is 10.4. The van der Waals surface area contributed by atoms with Gasteiger partial charge in [0.15, 0.2) is 5.82 Å². The Labute approximate surface area is 106 Å². The van der Waals surface area contributed by atoms with Gasteiger partial charge in [0.25, 0.3) is 0 Å². The lowest BCUT2D eigenvalue weighted by Crippen LogP contribution is -2.31. The van der Waals surface area contributed by atoms with Crippen LogP contribution in [0.15, 0.2) is 30.5 Å². The van der Waals surface area contributed by atoms with E-state index in [1.165, 1.54) is 11.1 Å². The van der Waals surface area contributed by atoms with Crippen LogP contribution < -0.4 is 10.6 Å². The molecule has 1 aromatic carbocycles. The van der Waals surface area contributed by atoms with E-state index in [-0.39, 0.29) is 0 Å². The highest BCUT2D eigenvalue weighted by molar-refractivity contribution is 5.50. The van der Waals surface area contributed by atoms with Crippen LogP contribution in [0.2, 0.25) is 0 Å². The highest BCUT2D eigenvalue weighted by Crippen LogP contribution is 2.24. The summed E-state index contributed by atoms with van der Waals surface area (Å²) in [5, 5.41) is 8.22.